The van der Waals surface area contributed by atoms with Crippen LogP contribution in [-0.2, 0) is 4.79 Å². The summed E-state index contributed by atoms with van der Waals surface area (Å²) in [5.74, 6) is 0.0855. The zero-order valence-electron chi connectivity index (χ0n) is 16.1. The minimum atomic E-state index is -0.129. The number of amides is 1. The topological polar surface area (TPSA) is 85.1 Å². The number of thioether (sulfide) groups is 1. The van der Waals surface area contributed by atoms with Crippen LogP contribution in [0.3, 0.4) is 0 Å². The van der Waals surface area contributed by atoms with Crippen LogP contribution in [0.1, 0.15) is 11.3 Å². The van der Waals surface area contributed by atoms with Crippen molar-refractivity contribution in [3.63, 3.8) is 0 Å². The molecule has 1 amide bonds. The van der Waals surface area contributed by atoms with E-state index in [0.717, 1.165) is 32.7 Å². The first kappa shape index (κ1) is 19.2. The molecule has 5 aromatic rings. The number of rotatable bonds is 5. The van der Waals surface area contributed by atoms with Crippen LogP contribution in [0.4, 0.5) is 5.13 Å². The van der Waals surface area contributed by atoms with Gasteiger partial charge in [-0.25, -0.2) is 9.97 Å². The molecule has 0 spiro atoms. The maximum Gasteiger partial charge on any atom is 0.236 e. The number of anilines is 1. The van der Waals surface area contributed by atoms with Crippen LogP contribution in [0.2, 0.25) is 0 Å². The van der Waals surface area contributed by atoms with E-state index in [4.69, 9.17) is 0 Å². The zero-order valence-corrected chi connectivity index (χ0v) is 18.6. The van der Waals surface area contributed by atoms with Crippen molar-refractivity contribution in [3.8, 4) is 11.1 Å². The molecule has 0 aliphatic heterocycles. The molecule has 0 atom stereocenters. The van der Waals surface area contributed by atoms with E-state index >= 15 is 0 Å². The number of thiazole rings is 1. The summed E-state index contributed by atoms with van der Waals surface area (Å²) < 4.78 is 1.85. The Morgan fingerprint density at radius 1 is 1.13 bits per heavy atom. The zero-order chi connectivity index (χ0) is 20.7. The SMILES string of the molecule is Cc1ccc(-c2csc3ncn4c(SCC(=O)Nc5nc(C)cs5)nnc4c23)cc1. The van der Waals surface area contributed by atoms with E-state index in [2.05, 4.69) is 62.1 Å². The fourth-order valence-electron chi connectivity index (χ4n) is 3.06. The number of aryl methyl sites for hydroxylation is 2. The average Bonchev–Trinajstić information content (AvgIpc) is 3.45. The van der Waals surface area contributed by atoms with Crippen LogP contribution < -0.4 is 5.32 Å². The Morgan fingerprint density at radius 2 is 1.97 bits per heavy atom. The van der Waals surface area contributed by atoms with Gasteiger partial charge in [-0.2, -0.15) is 0 Å². The Balaban J connectivity index is 1.43. The summed E-state index contributed by atoms with van der Waals surface area (Å²) in [4.78, 5) is 22.0. The first-order valence-corrected chi connectivity index (χ1v) is 11.9. The van der Waals surface area contributed by atoms with Crippen LogP contribution in [0.15, 0.2) is 46.5 Å². The van der Waals surface area contributed by atoms with Gasteiger partial charge in [0.2, 0.25) is 5.91 Å². The molecule has 1 N–H and O–H groups in total. The van der Waals surface area contributed by atoms with Crippen LogP contribution in [0.25, 0.3) is 27.0 Å². The summed E-state index contributed by atoms with van der Waals surface area (Å²) >= 11 is 4.32. The van der Waals surface area contributed by atoms with Crippen molar-refractivity contribution in [3.05, 3.63) is 52.6 Å². The summed E-state index contributed by atoms with van der Waals surface area (Å²) in [6, 6.07) is 8.41. The van der Waals surface area contributed by atoms with E-state index in [1.165, 1.54) is 28.7 Å². The molecule has 150 valence electrons. The maximum absolute atomic E-state index is 12.3. The average molecular weight is 453 g/mol. The van der Waals surface area contributed by atoms with E-state index in [9.17, 15) is 4.79 Å². The Labute approximate surface area is 184 Å². The minimum Gasteiger partial charge on any atom is -0.301 e. The summed E-state index contributed by atoms with van der Waals surface area (Å²) in [6.07, 6.45) is 1.72. The summed E-state index contributed by atoms with van der Waals surface area (Å²) in [7, 11) is 0. The van der Waals surface area contributed by atoms with Gasteiger partial charge in [-0.3, -0.25) is 9.20 Å². The van der Waals surface area contributed by atoms with E-state index in [0.29, 0.717) is 10.3 Å². The van der Waals surface area contributed by atoms with Crippen molar-refractivity contribution in [1.82, 2.24) is 24.6 Å². The molecule has 0 bridgehead atoms. The number of fused-ring (bicyclic) bond motifs is 3. The molecule has 10 heteroatoms. The highest BCUT2D eigenvalue weighted by molar-refractivity contribution is 7.99. The van der Waals surface area contributed by atoms with Crippen molar-refractivity contribution >= 4 is 61.3 Å². The fourth-order valence-corrected chi connectivity index (χ4v) is 5.38. The van der Waals surface area contributed by atoms with Gasteiger partial charge in [0.25, 0.3) is 0 Å². The van der Waals surface area contributed by atoms with Gasteiger partial charge in [0.05, 0.1) is 16.8 Å². The number of nitrogens with one attached hydrogen (secondary N) is 1. The lowest BCUT2D eigenvalue weighted by atomic mass is 10.0. The van der Waals surface area contributed by atoms with E-state index in [-0.39, 0.29) is 11.7 Å². The number of benzene rings is 1. The normalized spacial score (nSPS) is 11.4. The number of hydrogen-bond donors (Lipinski definition) is 1. The summed E-state index contributed by atoms with van der Waals surface area (Å²) in [5, 5.41) is 17.7. The molecule has 0 unspecified atom stereocenters. The third-order valence-electron chi connectivity index (χ3n) is 4.51. The number of thiophene rings is 1. The van der Waals surface area contributed by atoms with Gasteiger partial charge in [-0.1, -0.05) is 41.6 Å². The molecule has 0 aliphatic rings. The van der Waals surface area contributed by atoms with Gasteiger partial charge < -0.3 is 5.32 Å². The molecule has 5 rings (SSSR count). The third-order valence-corrected chi connectivity index (χ3v) is 7.22. The molecule has 0 saturated heterocycles. The molecular weight excluding hydrogens is 436 g/mol. The van der Waals surface area contributed by atoms with Gasteiger partial charge in [0, 0.05) is 16.3 Å². The lowest BCUT2D eigenvalue weighted by molar-refractivity contribution is -0.113. The van der Waals surface area contributed by atoms with Crippen molar-refractivity contribution in [2.24, 2.45) is 0 Å². The monoisotopic (exact) mass is 452 g/mol. The molecule has 0 aliphatic carbocycles. The van der Waals surface area contributed by atoms with Crippen LogP contribution in [0, 0.1) is 13.8 Å². The molecule has 4 heterocycles. The van der Waals surface area contributed by atoms with Crippen molar-refractivity contribution in [2.75, 3.05) is 11.1 Å². The highest BCUT2D eigenvalue weighted by Crippen LogP contribution is 2.35. The largest absolute Gasteiger partial charge is 0.301 e. The molecule has 0 fully saturated rings. The first-order chi connectivity index (χ1) is 14.6. The smallest absolute Gasteiger partial charge is 0.236 e. The molecule has 4 aromatic heterocycles. The Bertz CT molecular complexity index is 1370. The highest BCUT2D eigenvalue weighted by atomic mass is 32.2. The van der Waals surface area contributed by atoms with Gasteiger partial charge in [-0.05, 0) is 19.4 Å². The van der Waals surface area contributed by atoms with Crippen LogP contribution in [0.5, 0.6) is 0 Å². The second-order valence-electron chi connectivity index (χ2n) is 6.75. The summed E-state index contributed by atoms with van der Waals surface area (Å²) in [6.45, 7) is 3.97. The molecule has 7 nitrogen and oxygen atoms in total. The molecule has 0 saturated carbocycles. The lowest BCUT2D eigenvalue weighted by Crippen LogP contribution is -2.14. The Kier molecular flexibility index (Phi) is 4.97. The van der Waals surface area contributed by atoms with Crippen LogP contribution in [-0.4, -0.2) is 36.2 Å². The Morgan fingerprint density at radius 3 is 2.73 bits per heavy atom. The van der Waals surface area contributed by atoms with E-state index in [1.54, 1.807) is 17.7 Å². The molecule has 0 radical (unpaired) electrons. The lowest BCUT2D eigenvalue weighted by Gasteiger charge is -2.03. The summed E-state index contributed by atoms with van der Waals surface area (Å²) in [5.41, 5.74) is 5.07. The van der Waals surface area contributed by atoms with Gasteiger partial charge in [0.15, 0.2) is 15.9 Å². The maximum atomic E-state index is 12.3. The van der Waals surface area contributed by atoms with Crippen molar-refractivity contribution in [2.45, 2.75) is 19.0 Å². The number of carbonyl (C=O) groups excluding carboxylic acids is 1. The predicted molar refractivity (Wildman–Crippen MR) is 123 cm³/mol. The van der Waals surface area contributed by atoms with E-state index < -0.39 is 0 Å². The predicted octanol–water partition coefficient (Wildman–Crippen LogP) is 4.81. The number of carbonyl (C=O) groups is 1. The first-order valence-electron chi connectivity index (χ1n) is 9.11. The van der Waals surface area contributed by atoms with Gasteiger partial charge in [0.1, 0.15) is 11.2 Å². The number of aromatic nitrogens is 5. The third kappa shape index (κ3) is 3.57. The van der Waals surface area contributed by atoms with Crippen LogP contribution >= 0.6 is 34.4 Å². The fraction of sp³-hybridized carbons (Fsp3) is 0.150. The van der Waals surface area contributed by atoms with Crippen molar-refractivity contribution < 1.29 is 4.79 Å². The minimum absolute atomic E-state index is 0.129. The van der Waals surface area contributed by atoms with Crippen molar-refractivity contribution in [1.29, 1.82) is 0 Å². The quantitative estimate of drug-likeness (QED) is 0.385. The second-order valence-corrected chi connectivity index (χ2v) is 9.41. The Hall–Kier alpha value is -2.82. The number of nitrogens with zero attached hydrogens (tertiary/aromatic N) is 5. The highest BCUT2D eigenvalue weighted by Gasteiger charge is 2.17. The molecular formula is C20H16N6OS3. The molecule has 1 aromatic carbocycles. The van der Waals surface area contributed by atoms with Gasteiger partial charge >= 0.3 is 0 Å². The number of hydrogen-bond acceptors (Lipinski definition) is 8. The standard InChI is InChI=1S/C20H16N6OS3/c1-11-3-5-13(6-4-11)14-8-28-18-16(14)17-24-25-20(26(17)10-21-18)30-9-15(27)23-19-22-12(2)7-29-19/h3-8,10H,9H2,1-2H3,(H,22,23,27). The van der Waals surface area contributed by atoms with Gasteiger partial charge in [-0.15, -0.1) is 32.9 Å². The second kappa shape index (κ2) is 7.78. The van der Waals surface area contributed by atoms with E-state index in [1.807, 2.05) is 16.7 Å². The molecule has 30 heavy (non-hydrogen) atoms.